The molecule has 0 aliphatic heterocycles. The van der Waals surface area contributed by atoms with Gasteiger partial charge in [0.15, 0.2) is 23.1 Å². The molecule has 0 fully saturated rings. The first-order valence-electron chi connectivity index (χ1n) is 17.4. The number of benzene rings is 5. The van der Waals surface area contributed by atoms with E-state index in [4.69, 9.17) is 0 Å². The third-order valence-electron chi connectivity index (χ3n) is 9.47. The molecule has 0 atom stereocenters. The fourth-order valence-corrected chi connectivity index (χ4v) is 8.13. The summed E-state index contributed by atoms with van der Waals surface area (Å²) >= 11 is 0. The van der Waals surface area contributed by atoms with E-state index in [0.29, 0.717) is 11.1 Å². The van der Waals surface area contributed by atoms with Crippen LogP contribution in [-0.2, 0) is 40.5 Å². The molecule has 0 aliphatic carbocycles. The standard InChI is InChI=1S/C40H34O16S4/c41-37(27-5-13-33(14-6-27)57(45,46)47)21-31(22-38(42)28-7-15-34(16-8-28)58(48,49)50)25-1-2-26(4-3-25)32(23-39(43)29-9-17-35(18-10-29)59(51,52)53)24-40(44)30-11-19-36(20-12-30)60(54,55)56/h1-20,31-32H,21-24H2,(H,45,46,47)(H,48,49,50)(H,51,52,53)(H,54,55,56)/p-4. The summed E-state index contributed by atoms with van der Waals surface area (Å²) in [5.74, 6) is -4.00. The topological polar surface area (TPSA) is 297 Å². The van der Waals surface area contributed by atoms with Gasteiger partial charge in [-0.25, -0.2) is 33.7 Å². The molecule has 0 amide bonds. The minimum atomic E-state index is -4.81. The van der Waals surface area contributed by atoms with Crippen LogP contribution in [-0.4, -0.2) is 75.0 Å². The molecule has 0 radical (unpaired) electrons. The highest BCUT2D eigenvalue weighted by Gasteiger charge is 2.25. The van der Waals surface area contributed by atoms with Crippen LogP contribution < -0.4 is 0 Å². The van der Waals surface area contributed by atoms with E-state index >= 15 is 0 Å². The van der Waals surface area contributed by atoms with Crippen molar-refractivity contribution < 1.29 is 71.1 Å². The monoisotopic (exact) mass is 894 g/mol. The van der Waals surface area contributed by atoms with E-state index in [-0.39, 0.29) is 47.9 Å². The third kappa shape index (κ3) is 11.8. The number of ketones is 4. The molecule has 5 aromatic rings. The first-order valence-corrected chi connectivity index (χ1v) is 23.0. The summed E-state index contributed by atoms with van der Waals surface area (Å²) in [4.78, 5) is 51.6. The van der Waals surface area contributed by atoms with Crippen molar-refractivity contribution in [1.29, 1.82) is 0 Å². The van der Waals surface area contributed by atoms with Crippen LogP contribution in [0.25, 0.3) is 0 Å². The second-order valence-electron chi connectivity index (χ2n) is 13.5. The minimum absolute atomic E-state index is 0.0142. The summed E-state index contributed by atoms with van der Waals surface area (Å²) in [6, 6.07) is 22.9. The van der Waals surface area contributed by atoms with Gasteiger partial charge in [0.05, 0.1) is 19.6 Å². The lowest BCUT2D eigenvalue weighted by Gasteiger charge is -2.20. The number of carbonyl (C=O) groups excluding carboxylic acids is 4. The molecule has 314 valence electrons. The Bertz CT molecular complexity index is 2510. The smallest absolute Gasteiger partial charge is 0.163 e. The highest BCUT2D eigenvalue weighted by atomic mass is 32.2. The van der Waals surface area contributed by atoms with Gasteiger partial charge in [0.25, 0.3) is 0 Å². The van der Waals surface area contributed by atoms with E-state index in [2.05, 4.69) is 0 Å². The highest BCUT2D eigenvalue weighted by molar-refractivity contribution is 7.86. The maximum Gasteiger partial charge on any atom is 0.163 e. The zero-order valence-electron chi connectivity index (χ0n) is 30.7. The van der Waals surface area contributed by atoms with Gasteiger partial charge in [-0.3, -0.25) is 19.2 Å². The Morgan fingerprint density at radius 3 is 0.633 bits per heavy atom. The first kappa shape index (κ1) is 45.5. The molecule has 0 aliphatic rings. The van der Waals surface area contributed by atoms with Crippen molar-refractivity contribution in [3.8, 4) is 0 Å². The van der Waals surface area contributed by atoms with Gasteiger partial charge in [0.2, 0.25) is 0 Å². The summed E-state index contributed by atoms with van der Waals surface area (Å²) in [6.07, 6.45) is -1.36. The maximum atomic E-state index is 13.5. The molecular weight excluding hydrogens is 865 g/mol. The van der Waals surface area contributed by atoms with Crippen molar-refractivity contribution in [2.24, 2.45) is 0 Å². The van der Waals surface area contributed by atoms with Crippen LogP contribution in [0.1, 0.15) is 90.1 Å². The van der Waals surface area contributed by atoms with Crippen molar-refractivity contribution in [3.05, 3.63) is 155 Å². The molecule has 0 spiro atoms. The van der Waals surface area contributed by atoms with Crippen LogP contribution in [0.5, 0.6) is 0 Å². The lowest BCUT2D eigenvalue weighted by atomic mass is 9.83. The summed E-state index contributed by atoms with van der Waals surface area (Å²) < 4.78 is 137. The van der Waals surface area contributed by atoms with Crippen LogP contribution in [0, 0.1) is 0 Å². The Morgan fingerprint density at radius 2 is 0.483 bits per heavy atom. The Kier molecular flexibility index (Phi) is 13.6. The average molecular weight is 895 g/mol. The minimum Gasteiger partial charge on any atom is -0.744 e. The fraction of sp³-hybridized carbons (Fsp3) is 0.150. The van der Waals surface area contributed by atoms with Crippen LogP contribution in [0.15, 0.2) is 141 Å². The van der Waals surface area contributed by atoms with Gasteiger partial charge in [-0.15, -0.1) is 0 Å². The Balaban J connectivity index is 1.48. The van der Waals surface area contributed by atoms with E-state index in [9.17, 15) is 71.1 Å². The molecule has 0 unspecified atom stereocenters. The SMILES string of the molecule is O=C(CC(CC(=O)c1ccc(S(=O)(=O)[O-])cc1)c1ccc(C(CC(=O)c2ccc(S(=O)(=O)[O-])cc2)CC(=O)c2ccc(S(=O)(=O)[O-])cc2)cc1)c1ccc(S(=O)(=O)[O-])cc1. The molecule has 0 aromatic heterocycles. The van der Waals surface area contributed by atoms with Crippen LogP contribution in [0.3, 0.4) is 0 Å². The Morgan fingerprint density at radius 1 is 0.317 bits per heavy atom. The molecule has 20 heteroatoms. The van der Waals surface area contributed by atoms with Crippen LogP contribution in [0.4, 0.5) is 0 Å². The first-order chi connectivity index (χ1) is 27.9. The lowest BCUT2D eigenvalue weighted by Crippen LogP contribution is -2.15. The van der Waals surface area contributed by atoms with Crippen molar-refractivity contribution in [2.45, 2.75) is 57.1 Å². The second kappa shape index (κ2) is 18.0. The van der Waals surface area contributed by atoms with Gasteiger partial charge in [0.1, 0.15) is 40.5 Å². The van der Waals surface area contributed by atoms with E-state index in [1.54, 1.807) is 0 Å². The zero-order valence-corrected chi connectivity index (χ0v) is 34.0. The van der Waals surface area contributed by atoms with Gasteiger partial charge in [-0.05, 0) is 71.5 Å². The summed E-state index contributed by atoms with van der Waals surface area (Å²) in [5, 5.41) is 0. The van der Waals surface area contributed by atoms with E-state index in [1.807, 2.05) is 0 Å². The largest absolute Gasteiger partial charge is 0.744 e. The Labute approximate surface area is 344 Å². The molecule has 0 N–H and O–H groups in total. The molecule has 0 heterocycles. The van der Waals surface area contributed by atoms with Crippen molar-refractivity contribution >= 4 is 63.6 Å². The van der Waals surface area contributed by atoms with Gasteiger partial charge in [-0.2, -0.15) is 0 Å². The van der Waals surface area contributed by atoms with Crippen molar-refractivity contribution in [2.75, 3.05) is 0 Å². The second-order valence-corrected chi connectivity index (χ2v) is 19.0. The molecule has 5 aromatic carbocycles. The number of hydrogen-bond acceptors (Lipinski definition) is 16. The van der Waals surface area contributed by atoms with E-state index in [1.165, 1.54) is 24.3 Å². The number of Topliss-reactive ketones (excluding diaryl/α,β-unsaturated/α-hetero) is 4. The molecule has 16 nitrogen and oxygen atoms in total. The van der Waals surface area contributed by atoms with Crippen LogP contribution in [0.2, 0.25) is 0 Å². The summed E-state index contributed by atoms with van der Waals surface area (Å²) in [5.41, 5.74) is 0.859. The van der Waals surface area contributed by atoms with Crippen molar-refractivity contribution in [3.63, 3.8) is 0 Å². The maximum absolute atomic E-state index is 13.5. The zero-order chi connectivity index (χ0) is 44.2. The van der Waals surface area contributed by atoms with Gasteiger partial charge < -0.3 is 18.2 Å². The molecule has 5 rings (SSSR count). The molecule has 0 saturated carbocycles. The molecule has 0 saturated heterocycles. The number of carbonyl (C=O) groups is 4. The lowest BCUT2D eigenvalue weighted by molar-refractivity contribution is 0.0927. The van der Waals surface area contributed by atoms with Gasteiger partial charge in [0, 0.05) is 47.9 Å². The van der Waals surface area contributed by atoms with Gasteiger partial charge >= 0.3 is 0 Å². The summed E-state index contributed by atoms with van der Waals surface area (Å²) in [7, 11) is -19.3. The van der Waals surface area contributed by atoms with Crippen molar-refractivity contribution in [1.82, 2.24) is 0 Å². The molecule has 60 heavy (non-hydrogen) atoms. The molecular formula is C40H30O16S4-4. The predicted molar refractivity (Wildman–Crippen MR) is 205 cm³/mol. The quantitative estimate of drug-likeness (QED) is 0.0860. The predicted octanol–water partition coefficient (Wildman–Crippen LogP) is 4.56. The van der Waals surface area contributed by atoms with Crippen LogP contribution >= 0.6 is 0 Å². The van der Waals surface area contributed by atoms with E-state index in [0.717, 1.165) is 97.1 Å². The highest BCUT2D eigenvalue weighted by Crippen LogP contribution is 2.33. The van der Waals surface area contributed by atoms with E-state index < -0.39 is 95.0 Å². The number of hydrogen-bond donors (Lipinski definition) is 0. The van der Waals surface area contributed by atoms with Gasteiger partial charge in [-0.1, -0.05) is 72.8 Å². The normalized spacial score (nSPS) is 12.4. The molecule has 0 bridgehead atoms. The third-order valence-corrected chi connectivity index (χ3v) is 12.9. The Hall–Kier alpha value is -5.58. The fourth-order valence-electron chi connectivity index (χ4n) is 6.25. The summed E-state index contributed by atoms with van der Waals surface area (Å²) in [6.45, 7) is 0. The number of rotatable bonds is 18. The average Bonchev–Trinajstić information content (AvgIpc) is 3.19.